The van der Waals surface area contributed by atoms with Crippen molar-refractivity contribution in [1.82, 2.24) is 0 Å². The van der Waals surface area contributed by atoms with Gasteiger partial charge in [0.2, 0.25) is 0 Å². The lowest BCUT2D eigenvalue weighted by molar-refractivity contribution is 0.261. The van der Waals surface area contributed by atoms with Crippen molar-refractivity contribution in [2.45, 2.75) is 39.5 Å². The van der Waals surface area contributed by atoms with Crippen molar-refractivity contribution in [1.29, 1.82) is 5.26 Å². The van der Waals surface area contributed by atoms with Crippen LogP contribution in [-0.2, 0) is 6.42 Å². The fourth-order valence-corrected chi connectivity index (χ4v) is 2.89. The number of hydrogen-bond acceptors (Lipinski definition) is 1. The molecule has 17 heavy (non-hydrogen) atoms. The van der Waals surface area contributed by atoms with Crippen molar-refractivity contribution < 1.29 is 0 Å². The average Bonchev–Trinajstić information content (AvgIpc) is 2.38. The summed E-state index contributed by atoms with van der Waals surface area (Å²) in [5.41, 5.74) is 4.90. The molecule has 0 aliphatic heterocycles. The first-order valence-electron chi connectivity index (χ1n) is 6.35. The summed E-state index contributed by atoms with van der Waals surface area (Å²) in [4.78, 5) is 0. The van der Waals surface area contributed by atoms with Gasteiger partial charge in [-0.2, -0.15) is 5.26 Å². The minimum Gasteiger partial charge on any atom is -0.192 e. The summed E-state index contributed by atoms with van der Waals surface area (Å²) >= 11 is 0. The van der Waals surface area contributed by atoms with E-state index in [1.54, 1.807) is 0 Å². The second kappa shape index (κ2) is 4.37. The highest BCUT2D eigenvalue weighted by Gasteiger charge is 2.32. The van der Waals surface area contributed by atoms with Crippen LogP contribution in [0, 0.1) is 16.7 Å². The summed E-state index contributed by atoms with van der Waals surface area (Å²) in [6.45, 7) is 8.75. The van der Waals surface area contributed by atoms with Gasteiger partial charge in [0.25, 0.3) is 0 Å². The molecule has 0 aromatic heterocycles. The van der Waals surface area contributed by atoms with E-state index < -0.39 is 0 Å². The van der Waals surface area contributed by atoms with Gasteiger partial charge in [-0.3, -0.25) is 0 Å². The van der Waals surface area contributed by atoms with E-state index in [2.05, 4.69) is 32.6 Å². The summed E-state index contributed by atoms with van der Waals surface area (Å²) in [5.74, 6) is 0. The van der Waals surface area contributed by atoms with Crippen LogP contribution in [0.3, 0.4) is 0 Å². The van der Waals surface area contributed by atoms with Gasteiger partial charge >= 0.3 is 0 Å². The molecule has 88 valence electrons. The number of allylic oxidation sites excluding steroid dienone is 1. The molecule has 1 aliphatic carbocycles. The lowest BCUT2D eigenvalue weighted by atomic mass is 9.67. The standard InChI is InChI=1S/C16H19N/c1-4-16(5-2)9-12(3)15-8-13(11-17)6-7-14(15)10-16/h6-8H,3-5,9-10H2,1-2H3. The molecule has 0 radical (unpaired) electrons. The smallest absolute Gasteiger partial charge is 0.0991 e. The second-order valence-corrected chi connectivity index (χ2v) is 5.15. The quantitative estimate of drug-likeness (QED) is 0.735. The summed E-state index contributed by atoms with van der Waals surface area (Å²) in [5, 5.41) is 8.94. The first-order valence-corrected chi connectivity index (χ1v) is 6.35. The molecular weight excluding hydrogens is 206 g/mol. The first-order chi connectivity index (χ1) is 8.14. The van der Waals surface area contributed by atoms with Crippen molar-refractivity contribution in [2.75, 3.05) is 0 Å². The van der Waals surface area contributed by atoms with Crippen molar-refractivity contribution >= 4 is 5.57 Å². The maximum atomic E-state index is 8.94. The molecule has 0 fully saturated rings. The Kier molecular flexibility index (Phi) is 3.07. The normalized spacial score (nSPS) is 17.4. The maximum absolute atomic E-state index is 8.94. The molecule has 0 heterocycles. The Bertz CT molecular complexity index is 487. The number of nitriles is 1. The van der Waals surface area contributed by atoms with E-state index in [-0.39, 0.29) is 0 Å². The topological polar surface area (TPSA) is 23.8 Å². The number of rotatable bonds is 2. The van der Waals surface area contributed by atoms with E-state index in [1.165, 1.54) is 29.5 Å². The number of nitrogens with zero attached hydrogens (tertiary/aromatic N) is 1. The van der Waals surface area contributed by atoms with Crippen LogP contribution in [0.15, 0.2) is 24.8 Å². The molecule has 2 rings (SSSR count). The fraction of sp³-hybridized carbons (Fsp3) is 0.438. The first kappa shape index (κ1) is 11.9. The summed E-state index contributed by atoms with van der Waals surface area (Å²) in [6, 6.07) is 8.23. The molecule has 1 heteroatoms. The molecule has 0 amide bonds. The minimum absolute atomic E-state index is 0.387. The van der Waals surface area contributed by atoms with E-state index in [0.717, 1.165) is 18.4 Å². The Morgan fingerprint density at radius 1 is 1.29 bits per heavy atom. The molecule has 0 N–H and O–H groups in total. The third kappa shape index (κ3) is 2.00. The zero-order valence-corrected chi connectivity index (χ0v) is 10.7. The van der Waals surface area contributed by atoms with Crippen LogP contribution in [0.2, 0.25) is 0 Å². The van der Waals surface area contributed by atoms with Crippen LogP contribution in [0.25, 0.3) is 5.57 Å². The molecule has 0 spiro atoms. The van der Waals surface area contributed by atoms with Gasteiger partial charge in [-0.05, 0) is 59.9 Å². The average molecular weight is 225 g/mol. The van der Waals surface area contributed by atoms with E-state index in [1.807, 2.05) is 12.1 Å². The van der Waals surface area contributed by atoms with E-state index >= 15 is 0 Å². The predicted molar refractivity (Wildman–Crippen MR) is 71.5 cm³/mol. The van der Waals surface area contributed by atoms with Crippen molar-refractivity contribution in [3.05, 3.63) is 41.5 Å². The van der Waals surface area contributed by atoms with E-state index in [4.69, 9.17) is 5.26 Å². The van der Waals surface area contributed by atoms with Crippen LogP contribution < -0.4 is 0 Å². The van der Waals surface area contributed by atoms with Crippen molar-refractivity contribution in [3.63, 3.8) is 0 Å². The molecule has 0 atom stereocenters. The molecule has 1 nitrogen and oxygen atoms in total. The predicted octanol–water partition coefficient (Wildman–Crippen LogP) is 4.32. The molecule has 0 saturated heterocycles. The van der Waals surface area contributed by atoms with E-state index in [9.17, 15) is 0 Å². The Hall–Kier alpha value is -1.55. The third-order valence-electron chi connectivity index (χ3n) is 4.27. The summed E-state index contributed by atoms with van der Waals surface area (Å²) in [6.07, 6.45) is 4.59. The largest absolute Gasteiger partial charge is 0.192 e. The molecular formula is C16H19N. The molecule has 1 aromatic rings. The molecule has 1 aromatic carbocycles. The molecule has 0 saturated carbocycles. The van der Waals surface area contributed by atoms with Gasteiger partial charge in [-0.1, -0.05) is 26.5 Å². The van der Waals surface area contributed by atoms with Gasteiger partial charge in [0.15, 0.2) is 0 Å². The van der Waals surface area contributed by atoms with Crippen molar-refractivity contribution in [2.24, 2.45) is 5.41 Å². The zero-order valence-electron chi connectivity index (χ0n) is 10.7. The second-order valence-electron chi connectivity index (χ2n) is 5.15. The van der Waals surface area contributed by atoms with Crippen molar-refractivity contribution in [3.8, 4) is 6.07 Å². The van der Waals surface area contributed by atoms with E-state index in [0.29, 0.717) is 5.41 Å². The monoisotopic (exact) mass is 225 g/mol. The highest BCUT2D eigenvalue weighted by atomic mass is 14.4. The lowest BCUT2D eigenvalue weighted by Crippen LogP contribution is -2.26. The van der Waals surface area contributed by atoms with Gasteiger partial charge in [0.05, 0.1) is 11.6 Å². The molecule has 0 unspecified atom stereocenters. The van der Waals surface area contributed by atoms with Crippen LogP contribution in [-0.4, -0.2) is 0 Å². The molecule has 1 aliphatic rings. The molecule has 0 bridgehead atoms. The Labute approximate surface area is 104 Å². The highest BCUT2D eigenvalue weighted by molar-refractivity contribution is 5.70. The van der Waals surface area contributed by atoms with Gasteiger partial charge in [-0.15, -0.1) is 0 Å². The lowest BCUT2D eigenvalue weighted by Gasteiger charge is -2.38. The van der Waals surface area contributed by atoms with Gasteiger partial charge in [0.1, 0.15) is 0 Å². The Balaban J connectivity index is 2.46. The highest BCUT2D eigenvalue weighted by Crippen LogP contribution is 2.45. The summed E-state index contributed by atoms with van der Waals surface area (Å²) < 4.78 is 0. The Morgan fingerprint density at radius 3 is 2.59 bits per heavy atom. The van der Waals surface area contributed by atoms with Crippen LogP contribution in [0.1, 0.15) is 49.8 Å². The van der Waals surface area contributed by atoms with Gasteiger partial charge < -0.3 is 0 Å². The number of fused-ring (bicyclic) bond motifs is 1. The minimum atomic E-state index is 0.387. The zero-order chi connectivity index (χ0) is 12.5. The van der Waals surface area contributed by atoms with Crippen LogP contribution >= 0.6 is 0 Å². The van der Waals surface area contributed by atoms with Crippen LogP contribution in [0.4, 0.5) is 0 Å². The summed E-state index contributed by atoms with van der Waals surface area (Å²) in [7, 11) is 0. The number of hydrogen-bond donors (Lipinski definition) is 0. The van der Waals surface area contributed by atoms with Crippen LogP contribution in [0.5, 0.6) is 0 Å². The van der Waals surface area contributed by atoms with Gasteiger partial charge in [-0.25, -0.2) is 0 Å². The van der Waals surface area contributed by atoms with Gasteiger partial charge in [0, 0.05) is 0 Å². The fourth-order valence-electron chi connectivity index (χ4n) is 2.89. The number of benzene rings is 1. The maximum Gasteiger partial charge on any atom is 0.0991 e. The third-order valence-corrected chi connectivity index (χ3v) is 4.27. The Morgan fingerprint density at radius 2 is 2.00 bits per heavy atom. The SMILES string of the molecule is C=C1CC(CC)(CC)Cc2ccc(C#N)cc21.